The summed E-state index contributed by atoms with van der Waals surface area (Å²) in [6.07, 6.45) is 4.18. The molecule has 0 N–H and O–H groups in total. The van der Waals surface area contributed by atoms with E-state index in [-0.39, 0.29) is 0 Å². The Morgan fingerprint density at radius 2 is 1.76 bits per heavy atom. The van der Waals surface area contributed by atoms with E-state index in [2.05, 4.69) is 38.6 Å². The van der Waals surface area contributed by atoms with Gasteiger partial charge in [0.1, 0.15) is 0 Å². The van der Waals surface area contributed by atoms with E-state index < -0.39 is 22.0 Å². The van der Waals surface area contributed by atoms with Crippen molar-refractivity contribution in [3.05, 3.63) is 0 Å². The molecule has 1 fully saturated rings. The molecule has 4 heteroatoms. The average Bonchev–Trinajstić information content (AvgIpc) is 2.67. The van der Waals surface area contributed by atoms with Crippen molar-refractivity contribution in [2.75, 3.05) is 46.8 Å². The standard InChI is InChI=1S/C7H16N2.C6H14N.In/c1-3-5-9-7-6-8-4-2;1-4-5-6-7(2)3;/h3-7H2,1-2H3;1,4-6H2,2-3H3;/q-2;;+2. The molecule has 1 aliphatic heterocycles. The first kappa shape index (κ1) is 15.8. The summed E-state index contributed by atoms with van der Waals surface area (Å²) in [5.41, 5.74) is 0. The van der Waals surface area contributed by atoms with Crippen molar-refractivity contribution in [2.45, 2.75) is 37.3 Å². The Hall–Kier alpha value is 0.750. The Balaban J connectivity index is 2.29. The van der Waals surface area contributed by atoms with Crippen LogP contribution >= 0.6 is 0 Å². The normalized spacial score (nSPS) is 18.5. The molecule has 0 unspecified atom stereocenters. The van der Waals surface area contributed by atoms with Crippen molar-refractivity contribution in [1.82, 2.24) is 10.7 Å². The molecular weight excluding hydrogens is 313 g/mol. The maximum atomic E-state index is 2.89. The molecule has 3 nitrogen and oxygen atoms in total. The van der Waals surface area contributed by atoms with E-state index in [1.807, 2.05) is 0 Å². The number of unbranched alkanes of at least 4 members (excludes halogenated alkanes) is 1. The van der Waals surface area contributed by atoms with Crippen LogP contribution in [0.1, 0.15) is 33.1 Å². The summed E-state index contributed by atoms with van der Waals surface area (Å²) < 4.78 is 7.30. The predicted molar refractivity (Wildman–Crippen MR) is 77.5 cm³/mol. The third-order valence-corrected chi connectivity index (χ3v) is 14.5. The van der Waals surface area contributed by atoms with Gasteiger partial charge in [-0.25, -0.2) is 0 Å². The van der Waals surface area contributed by atoms with Gasteiger partial charge in [0.2, 0.25) is 0 Å². The van der Waals surface area contributed by atoms with Gasteiger partial charge in [-0.15, -0.1) is 0 Å². The van der Waals surface area contributed by atoms with E-state index in [4.69, 9.17) is 0 Å². The number of hydrogen-bond acceptors (Lipinski definition) is 3. The quantitative estimate of drug-likeness (QED) is 0.623. The van der Waals surface area contributed by atoms with E-state index in [9.17, 15) is 0 Å². The summed E-state index contributed by atoms with van der Waals surface area (Å²) in [7, 11) is 4.36. The van der Waals surface area contributed by atoms with Crippen LogP contribution in [0.5, 0.6) is 0 Å². The fraction of sp³-hybridized carbons (Fsp3) is 1.00. The van der Waals surface area contributed by atoms with Crippen LogP contribution in [-0.4, -0.2) is 79.5 Å². The summed E-state index contributed by atoms with van der Waals surface area (Å²) >= 11 is -1.49. The van der Waals surface area contributed by atoms with Gasteiger partial charge < -0.3 is 0 Å². The zero-order valence-electron chi connectivity index (χ0n) is 12.3. The van der Waals surface area contributed by atoms with Crippen LogP contribution in [0.15, 0.2) is 0 Å². The number of likely N-dealkylation sites (N-methyl/N-ethyl adjacent to an activating group) is 1. The van der Waals surface area contributed by atoms with Crippen molar-refractivity contribution < 1.29 is 0 Å². The molecule has 0 aromatic heterocycles. The molecule has 1 rings (SSSR count). The van der Waals surface area contributed by atoms with E-state index >= 15 is 0 Å². The molecule has 0 amide bonds. The van der Waals surface area contributed by atoms with Crippen molar-refractivity contribution >= 4 is 22.0 Å². The first-order chi connectivity index (χ1) is 8.19. The molecule has 0 radical (unpaired) electrons. The zero-order chi connectivity index (χ0) is 12.7. The molecule has 17 heavy (non-hydrogen) atoms. The van der Waals surface area contributed by atoms with E-state index in [1.54, 1.807) is 4.18 Å². The van der Waals surface area contributed by atoms with Gasteiger partial charge in [0.05, 0.1) is 0 Å². The second-order valence-electron chi connectivity index (χ2n) is 5.44. The molecule has 100 valence electrons. The van der Waals surface area contributed by atoms with Gasteiger partial charge in [-0.05, 0) is 0 Å². The van der Waals surface area contributed by atoms with Gasteiger partial charge in [0.25, 0.3) is 0 Å². The minimum absolute atomic E-state index is 1.26. The Labute approximate surface area is 116 Å². The molecule has 0 aromatic rings. The Morgan fingerprint density at radius 3 is 2.35 bits per heavy atom. The van der Waals surface area contributed by atoms with Crippen molar-refractivity contribution in [3.8, 4) is 0 Å². The third-order valence-electron chi connectivity index (χ3n) is 3.75. The number of rotatable bonds is 8. The fourth-order valence-electron chi connectivity index (χ4n) is 2.82. The van der Waals surface area contributed by atoms with Crippen LogP contribution < -0.4 is 0 Å². The monoisotopic (exact) mass is 343 g/mol. The first-order valence-corrected chi connectivity index (χ1v) is 12.6. The van der Waals surface area contributed by atoms with Crippen LogP contribution in [0, 0.1) is 0 Å². The molecule has 0 spiro atoms. The van der Waals surface area contributed by atoms with Gasteiger partial charge >= 0.3 is 117 Å². The average molecular weight is 343 g/mol. The Kier molecular flexibility index (Phi) is 8.17. The van der Waals surface area contributed by atoms with Crippen LogP contribution in [-0.2, 0) is 0 Å². The first-order valence-electron chi connectivity index (χ1n) is 7.31. The summed E-state index contributed by atoms with van der Waals surface area (Å²) in [5, 5.41) is 0. The summed E-state index contributed by atoms with van der Waals surface area (Å²) in [5.74, 6) is 0. The summed E-state index contributed by atoms with van der Waals surface area (Å²) in [6.45, 7) is 11.3. The zero-order valence-corrected chi connectivity index (χ0v) is 15.6. The van der Waals surface area contributed by atoms with Gasteiger partial charge in [-0.2, -0.15) is 0 Å². The van der Waals surface area contributed by atoms with E-state index in [0.29, 0.717) is 0 Å². The molecule has 1 heterocycles. The van der Waals surface area contributed by atoms with Crippen LogP contribution in [0.4, 0.5) is 0 Å². The Morgan fingerprint density at radius 1 is 1.06 bits per heavy atom. The number of nitrogens with zero attached hydrogens (tertiary/aromatic N) is 3. The SMILES string of the molecule is CCC[N]1CC[N](CC)[In]1[CH2]CCCN(C)C. The second-order valence-corrected chi connectivity index (χ2v) is 14.0. The molecule has 0 aromatic carbocycles. The molecule has 0 bridgehead atoms. The summed E-state index contributed by atoms with van der Waals surface area (Å²) in [6, 6.07) is 0. The van der Waals surface area contributed by atoms with E-state index in [0.717, 1.165) is 0 Å². The Bertz CT molecular complexity index is 199. The predicted octanol–water partition coefficient (Wildman–Crippen LogP) is 1.86. The van der Waals surface area contributed by atoms with Crippen LogP contribution in [0.2, 0.25) is 4.18 Å². The summed E-state index contributed by atoms with van der Waals surface area (Å²) in [4.78, 5) is 2.31. The molecule has 1 saturated heterocycles. The molecule has 0 saturated carbocycles. The maximum absolute atomic E-state index is 2.89. The van der Waals surface area contributed by atoms with Crippen molar-refractivity contribution in [2.24, 2.45) is 0 Å². The van der Waals surface area contributed by atoms with Crippen LogP contribution in [0.25, 0.3) is 0 Å². The fourth-order valence-corrected chi connectivity index (χ4v) is 13.2. The number of hydrogen-bond donors (Lipinski definition) is 0. The van der Waals surface area contributed by atoms with Gasteiger partial charge in [0.15, 0.2) is 0 Å². The van der Waals surface area contributed by atoms with Gasteiger partial charge in [-0.3, -0.25) is 0 Å². The minimum atomic E-state index is -1.49. The molecular formula is C13H30InN3. The van der Waals surface area contributed by atoms with Gasteiger partial charge in [-0.1, -0.05) is 0 Å². The topological polar surface area (TPSA) is 9.72 Å². The van der Waals surface area contributed by atoms with Crippen molar-refractivity contribution in [1.29, 1.82) is 0 Å². The second kappa shape index (κ2) is 8.78. The van der Waals surface area contributed by atoms with Crippen molar-refractivity contribution in [3.63, 3.8) is 0 Å². The third kappa shape index (κ3) is 5.50. The molecule has 1 aliphatic rings. The molecule has 0 atom stereocenters. The molecule has 0 aliphatic carbocycles. The van der Waals surface area contributed by atoms with Gasteiger partial charge in [0, 0.05) is 0 Å². The van der Waals surface area contributed by atoms with Crippen LogP contribution in [0.3, 0.4) is 0 Å². The van der Waals surface area contributed by atoms with E-state index in [1.165, 1.54) is 52.0 Å².